The summed E-state index contributed by atoms with van der Waals surface area (Å²) in [6.45, 7) is 0. The monoisotopic (exact) mass is 299 g/mol. The number of amides is 1. The molecule has 2 rings (SSSR count). The van der Waals surface area contributed by atoms with Gasteiger partial charge in [0.1, 0.15) is 23.1 Å². The molecule has 0 spiro atoms. The highest BCUT2D eigenvalue weighted by Gasteiger charge is 2.18. The quantitative estimate of drug-likeness (QED) is 0.881. The summed E-state index contributed by atoms with van der Waals surface area (Å²) in [4.78, 5) is 11.8. The van der Waals surface area contributed by atoms with E-state index in [9.17, 15) is 22.4 Å². The molecule has 0 saturated carbocycles. The highest BCUT2D eigenvalue weighted by molar-refractivity contribution is 6.04. The number of carbonyl (C=O) groups excluding carboxylic acids is 1. The molecule has 0 fully saturated rings. The fraction of sp³-hybridized carbons (Fsp3) is 0.0714. The van der Waals surface area contributed by atoms with Crippen LogP contribution in [-0.2, 0) is 0 Å². The van der Waals surface area contributed by atoms with Gasteiger partial charge in [-0.2, -0.15) is 0 Å². The second-order valence-electron chi connectivity index (χ2n) is 4.04. The first-order valence-corrected chi connectivity index (χ1v) is 5.72. The summed E-state index contributed by atoms with van der Waals surface area (Å²) < 4.78 is 58.0. The molecule has 1 N–H and O–H groups in total. The van der Waals surface area contributed by atoms with Gasteiger partial charge in [-0.3, -0.25) is 4.79 Å². The molecular formula is C14H9F4NO2. The molecule has 0 atom stereocenters. The van der Waals surface area contributed by atoms with Crippen LogP contribution in [0.5, 0.6) is 5.75 Å². The molecule has 0 heterocycles. The molecule has 0 aliphatic carbocycles. The number of ether oxygens (including phenoxy) is 1. The van der Waals surface area contributed by atoms with E-state index >= 15 is 0 Å². The average Bonchev–Trinajstić information content (AvgIpc) is 2.42. The first-order valence-electron chi connectivity index (χ1n) is 5.72. The third-order valence-electron chi connectivity index (χ3n) is 2.67. The van der Waals surface area contributed by atoms with Crippen molar-refractivity contribution in [3.63, 3.8) is 0 Å². The SMILES string of the molecule is COc1ccc(C(=O)Nc2c(F)cc(F)cc2F)c(F)c1. The van der Waals surface area contributed by atoms with Crippen LogP contribution in [0.4, 0.5) is 23.2 Å². The number of hydrogen-bond donors (Lipinski definition) is 1. The predicted molar refractivity (Wildman–Crippen MR) is 67.2 cm³/mol. The van der Waals surface area contributed by atoms with Crippen molar-refractivity contribution in [3.8, 4) is 5.75 Å². The molecule has 2 aromatic rings. The lowest BCUT2D eigenvalue weighted by atomic mass is 10.1. The Kier molecular flexibility index (Phi) is 4.11. The molecular weight excluding hydrogens is 290 g/mol. The van der Waals surface area contributed by atoms with Crippen LogP contribution in [0.1, 0.15) is 10.4 Å². The predicted octanol–water partition coefficient (Wildman–Crippen LogP) is 3.50. The Bertz CT molecular complexity index is 680. The Labute approximate surface area is 117 Å². The number of hydrogen-bond acceptors (Lipinski definition) is 2. The second kappa shape index (κ2) is 5.82. The van der Waals surface area contributed by atoms with Gasteiger partial charge in [0.05, 0.1) is 12.7 Å². The first-order chi connectivity index (χ1) is 9.92. The number of halogens is 4. The Hall–Kier alpha value is -2.57. The van der Waals surface area contributed by atoms with E-state index in [1.807, 2.05) is 5.32 Å². The van der Waals surface area contributed by atoms with Crippen molar-refractivity contribution in [1.82, 2.24) is 0 Å². The van der Waals surface area contributed by atoms with Crippen LogP contribution in [0.25, 0.3) is 0 Å². The van der Waals surface area contributed by atoms with Gasteiger partial charge >= 0.3 is 0 Å². The zero-order valence-corrected chi connectivity index (χ0v) is 10.7. The third kappa shape index (κ3) is 3.13. The minimum atomic E-state index is -1.30. The van der Waals surface area contributed by atoms with Gasteiger partial charge in [-0.1, -0.05) is 0 Å². The van der Waals surface area contributed by atoms with Gasteiger partial charge in [0.2, 0.25) is 0 Å². The van der Waals surface area contributed by atoms with Crippen molar-refractivity contribution in [2.75, 3.05) is 12.4 Å². The summed E-state index contributed by atoms with van der Waals surface area (Å²) in [5.74, 6) is -5.53. The zero-order valence-electron chi connectivity index (χ0n) is 10.7. The minimum Gasteiger partial charge on any atom is -0.497 e. The summed E-state index contributed by atoms with van der Waals surface area (Å²) in [5, 5.41) is 1.86. The molecule has 21 heavy (non-hydrogen) atoms. The maximum absolute atomic E-state index is 13.7. The standard InChI is InChI=1S/C14H9F4NO2/c1-21-8-2-3-9(10(16)6-8)14(20)19-13-11(17)4-7(15)5-12(13)18/h2-6H,1H3,(H,19,20). The van der Waals surface area contributed by atoms with E-state index in [0.29, 0.717) is 12.1 Å². The lowest BCUT2D eigenvalue weighted by molar-refractivity contribution is 0.102. The molecule has 0 unspecified atom stereocenters. The van der Waals surface area contributed by atoms with Crippen molar-refractivity contribution < 1.29 is 27.1 Å². The molecule has 0 aliphatic heterocycles. The van der Waals surface area contributed by atoms with Crippen LogP contribution in [0, 0.1) is 23.3 Å². The van der Waals surface area contributed by atoms with Crippen molar-refractivity contribution in [1.29, 1.82) is 0 Å². The molecule has 3 nitrogen and oxygen atoms in total. The molecule has 0 aliphatic rings. The normalized spacial score (nSPS) is 10.3. The van der Waals surface area contributed by atoms with E-state index in [-0.39, 0.29) is 5.75 Å². The number of methoxy groups -OCH3 is 1. The Morgan fingerprint density at radius 2 is 1.62 bits per heavy atom. The highest BCUT2D eigenvalue weighted by atomic mass is 19.1. The van der Waals surface area contributed by atoms with E-state index in [4.69, 9.17) is 4.74 Å². The molecule has 0 saturated heterocycles. The van der Waals surface area contributed by atoms with Crippen LogP contribution in [0.2, 0.25) is 0 Å². The van der Waals surface area contributed by atoms with E-state index in [1.165, 1.54) is 13.2 Å². The number of anilines is 1. The Morgan fingerprint density at radius 3 is 2.14 bits per heavy atom. The zero-order chi connectivity index (χ0) is 15.6. The van der Waals surface area contributed by atoms with Crippen LogP contribution in [0.3, 0.4) is 0 Å². The fourth-order valence-electron chi connectivity index (χ4n) is 1.65. The molecule has 0 radical (unpaired) electrons. The largest absolute Gasteiger partial charge is 0.497 e. The van der Waals surface area contributed by atoms with Crippen molar-refractivity contribution in [3.05, 3.63) is 59.2 Å². The Balaban J connectivity index is 2.30. The van der Waals surface area contributed by atoms with Gasteiger partial charge in [-0.15, -0.1) is 0 Å². The summed E-state index contributed by atoms with van der Waals surface area (Å²) in [5.41, 5.74) is -1.28. The number of carbonyl (C=O) groups is 1. The maximum Gasteiger partial charge on any atom is 0.258 e. The second-order valence-corrected chi connectivity index (χ2v) is 4.04. The van der Waals surface area contributed by atoms with Crippen molar-refractivity contribution >= 4 is 11.6 Å². The highest BCUT2D eigenvalue weighted by Crippen LogP contribution is 2.22. The summed E-state index contributed by atoms with van der Waals surface area (Å²) >= 11 is 0. The van der Waals surface area contributed by atoms with Crippen molar-refractivity contribution in [2.24, 2.45) is 0 Å². The van der Waals surface area contributed by atoms with Crippen LogP contribution in [-0.4, -0.2) is 13.0 Å². The summed E-state index contributed by atoms with van der Waals surface area (Å²) in [6, 6.07) is 4.18. The molecule has 7 heteroatoms. The van der Waals surface area contributed by atoms with Crippen LogP contribution in [0.15, 0.2) is 30.3 Å². The lowest BCUT2D eigenvalue weighted by Crippen LogP contribution is -2.16. The number of benzene rings is 2. The average molecular weight is 299 g/mol. The minimum absolute atomic E-state index is 0.184. The van der Waals surface area contributed by atoms with Crippen LogP contribution >= 0.6 is 0 Å². The fourth-order valence-corrected chi connectivity index (χ4v) is 1.65. The van der Waals surface area contributed by atoms with E-state index < -0.39 is 40.4 Å². The first kappa shape index (κ1) is 14.8. The van der Waals surface area contributed by atoms with Gasteiger partial charge in [0, 0.05) is 18.2 Å². The van der Waals surface area contributed by atoms with E-state index in [0.717, 1.165) is 12.1 Å². The van der Waals surface area contributed by atoms with Gasteiger partial charge in [0.15, 0.2) is 11.6 Å². The summed E-state index contributed by atoms with van der Waals surface area (Å²) in [6.07, 6.45) is 0. The van der Waals surface area contributed by atoms with Gasteiger partial charge < -0.3 is 10.1 Å². The van der Waals surface area contributed by atoms with Crippen molar-refractivity contribution in [2.45, 2.75) is 0 Å². The maximum atomic E-state index is 13.7. The van der Waals surface area contributed by atoms with Gasteiger partial charge in [-0.05, 0) is 12.1 Å². The van der Waals surface area contributed by atoms with Gasteiger partial charge in [-0.25, -0.2) is 17.6 Å². The molecule has 0 bridgehead atoms. The molecule has 110 valence electrons. The lowest BCUT2D eigenvalue weighted by Gasteiger charge is -2.09. The number of rotatable bonds is 3. The molecule has 1 amide bonds. The summed E-state index contributed by atoms with van der Waals surface area (Å²) in [7, 11) is 1.32. The topological polar surface area (TPSA) is 38.3 Å². The van der Waals surface area contributed by atoms with Crippen LogP contribution < -0.4 is 10.1 Å². The third-order valence-corrected chi connectivity index (χ3v) is 2.67. The van der Waals surface area contributed by atoms with E-state index in [1.54, 1.807) is 0 Å². The molecule has 0 aromatic heterocycles. The smallest absolute Gasteiger partial charge is 0.258 e. The van der Waals surface area contributed by atoms with E-state index in [2.05, 4.69) is 0 Å². The molecule has 2 aromatic carbocycles. The Morgan fingerprint density at radius 1 is 1.00 bits per heavy atom. The van der Waals surface area contributed by atoms with Gasteiger partial charge in [0.25, 0.3) is 5.91 Å². The number of nitrogens with one attached hydrogen (secondary N) is 1.